The Kier molecular flexibility index (Phi) is 4.14. The van der Waals surface area contributed by atoms with Crippen LogP contribution < -0.4 is 0 Å². The molecule has 2 rings (SSSR count). The summed E-state index contributed by atoms with van der Waals surface area (Å²) >= 11 is 3.23. The second kappa shape index (κ2) is 5.46. The maximum Gasteiger partial charge on any atom is 0.169 e. The van der Waals surface area contributed by atoms with Crippen LogP contribution in [0.2, 0.25) is 0 Å². The van der Waals surface area contributed by atoms with Crippen molar-refractivity contribution in [3.05, 3.63) is 22.6 Å². The number of aliphatic hydroxyl groups excluding tert-OH is 1. The van der Waals surface area contributed by atoms with Crippen molar-refractivity contribution < 1.29 is 9.52 Å². The molecule has 18 heavy (non-hydrogen) atoms. The van der Waals surface area contributed by atoms with Crippen LogP contribution in [0.25, 0.3) is 0 Å². The minimum absolute atomic E-state index is 0.486. The Hall–Kier alpha value is -0.790. The number of hydrogen-bond donors (Lipinski definition) is 1. The minimum atomic E-state index is -0.830. The van der Waals surface area contributed by atoms with E-state index in [-0.39, 0.29) is 0 Å². The maximum absolute atomic E-state index is 10.5. The SMILES string of the molecule is CCC1CCCC(C#N)(C(O)c2ccc(Br)o2)C1. The van der Waals surface area contributed by atoms with Gasteiger partial charge in [-0.05, 0) is 46.8 Å². The maximum atomic E-state index is 10.5. The first kappa shape index (κ1) is 13.6. The zero-order valence-electron chi connectivity index (χ0n) is 10.5. The minimum Gasteiger partial charge on any atom is -0.452 e. The van der Waals surface area contributed by atoms with E-state index < -0.39 is 11.5 Å². The summed E-state index contributed by atoms with van der Waals surface area (Å²) in [6.45, 7) is 2.15. The Morgan fingerprint density at radius 3 is 3.00 bits per heavy atom. The Morgan fingerprint density at radius 2 is 2.44 bits per heavy atom. The van der Waals surface area contributed by atoms with E-state index in [4.69, 9.17) is 4.42 Å². The molecular weight excluding hydrogens is 294 g/mol. The molecule has 1 fully saturated rings. The summed E-state index contributed by atoms with van der Waals surface area (Å²) in [5.41, 5.74) is -0.684. The van der Waals surface area contributed by atoms with E-state index in [1.165, 1.54) is 0 Å². The zero-order chi connectivity index (χ0) is 13.2. The van der Waals surface area contributed by atoms with Gasteiger partial charge in [0.15, 0.2) is 4.67 Å². The standard InChI is InChI=1S/C14H18BrNO2/c1-2-10-4-3-7-14(8-10,9-16)13(17)11-5-6-12(15)18-11/h5-6,10,13,17H,2-4,7-8H2,1H3. The Balaban J connectivity index is 2.24. The second-order valence-electron chi connectivity index (χ2n) is 5.18. The first-order valence-corrected chi connectivity index (χ1v) is 7.25. The van der Waals surface area contributed by atoms with Crippen LogP contribution in [0.5, 0.6) is 0 Å². The molecule has 0 amide bonds. The molecule has 1 saturated carbocycles. The van der Waals surface area contributed by atoms with Crippen molar-refractivity contribution in [2.75, 3.05) is 0 Å². The molecule has 1 aliphatic carbocycles. The van der Waals surface area contributed by atoms with Gasteiger partial charge in [0.05, 0.1) is 11.5 Å². The van der Waals surface area contributed by atoms with Gasteiger partial charge in [-0.25, -0.2) is 0 Å². The van der Waals surface area contributed by atoms with Crippen molar-refractivity contribution in [1.82, 2.24) is 0 Å². The Morgan fingerprint density at radius 1 is 1.67 bits per heavy atom. The lowest BCUT2D eigenvalue weighted by atomic mass is 9.66. The lowest BCUT2D eigenvalue weighted by Crippen LogP contribution is -2.33. The van der Waals surface area contributed by atoms with E-state index in [0.717, 1.165) is 32.1 Å². The van der Waals surface area contributed by atoms with Crippen LogP contribution in [0.4, 0.5) is 0 Å². The number of furan rings is 1. The van der Waals surface area contributed by atoms with Gasteiger partial charge in [-0.15, -0.1) is 0 Å². The van der Waals surface area contributed by atoms with Gasteiger partial charge in [0.2, 0.25) is 0 Å². The summed E-state index contributed by atoms with van der Waals surface area (Å²) < 4.78 is 6.00. The van der Waals surface area contributed by atoms with E-state index in [1.807, 2.05) is 0 Å². The van der Waals surface area contributed by atoms with Crippen LogP contribution in [0.1, 0.15) is 50.9 Å². The second-order valence-corrected chi connectivity index (χ2v) is 5.96. The third-order valence-corrected chi connectivity index (χ3v) is 4.50. The molecule has 3 unspecified atom stereocenters. The highest BCUT2D eigenvalue weighted by Crippen LogP contribution is 2.48. The van der Waals surface area contributed by atoms with E-state index >= 15 is 0 Å². The highest BCUT2D eigenvalue weighted by atomic mass is 79.9. The molecule has 1 heterocycles. The van der Waals surface area contributed by atoms with Gasteiger partial charge in [0.1, 0.15) is 11.9 Å². The topological polar surface area (TPSA) is 57.2 Å². The molecular formula is C14H18BrNO2. The first-order chi connectivity index (χ1) is 8.61. The van der Waals surface area contributed by atoms with Gasteiger partial charge < -0.3 is 9.52 Å². The molecule has 0 aromatic carbocycles. The van der Waals surface area contributed by atoms with Crippen LogP contribution in [-0.2, 0) is 0 Å². The third-order valence-electron chi connectivity index (χ3n) is 4.08. The van der Waals surface area contributed by atoms with Gasteiger partial charge >= 0.3 is 0 Å². The van der Waals surface area contributed by atoms with Crippen molar-refractivity contribution in [3.63, 3.8) is 0 Å². The number of hydrogen-bond acceptors (Lipinski definition) is 3. The average Bonchev–Trinajstić information content (AvgIpc) is 2.84. The lowest BCUT2D eigenvalue weighted by Gasteiger charge is -2.38. The molecule has 0 spiro atoms. The van der Waals surface area contributed by atoms with Gasteiger partial charge in [0, 0.05) is 0 Å². The zero-order valence-corrected chi connectivity index (χ0v) is 12.1. The molecule has 3 atom stereocenters. The molecule has 0 bridgehead atoms. The van der Waals surface area contributed by atoms with Gasteiger partial charge in [-0.2, -0.15) is 5.26 Å². The number of rotatable bonds is 3. The molecule has 1 aliphatic rings. The molecule has 1 aromatic rings. The van der Waals surface area contributed by atoms with Crippen molar-refractivity contribution in [3.8, 4) is 6.07 Å². The van der Waals surface area contributed by atoms with Crippen molar-refractivity contribution in [2.24, 2.45) is 11.3 Å². The fourth-order valence-corrected chi connectivity index (χ4v) is 3.25. The fraction of sp³-hybridized carbons (Fsp3) is 0.643. The van der Waals surface area contributed by atoms with Gasteiger partial charge in [-0.1, -0.05) is 26.2 Å². The van der Waals surface area contributed by atoms with E-state index in [1.54, 1.807) is 12.1 Å². The monoisotopic (exact) mass is 311 g/mol. The summed E-state index contributed by atoms with van der Waals surface area (Å²) in [4.78, 5) is 0. The predicted molar refractivity (Wildman–Crippen MR) is 71.7 cm³/mol. The third kappa shape index (κ3) is 2.48. The number of halogens is 1. The smallest absolute Gasteiger partial charge is 0.169 e. The molecule has 1 aromatic heterocycles. The van der Waals surface area contributed by atoms with Gasteiger partial charge in [0.25, 0.3) is 0 Å². The van der Waals surface area contributed by atoms with Crippen molar-refractivity contribution in [2.45, 2.75) is 45.1 Å². The summed E-state index contributed by atoms with van der Waals surface area (Å²) in [7, 11) is 0. The molecule has 3 nitrogen and oxygen atoms in total. The van der Waals surface area contributed by atoms with Crippen LogP contribution >= 0.6 is 15.9 Å². The highest BCUT2D eigenvalue weighted by molar-refractivity contribution is 9.10. The molecule has 4 heteroatoms. The molecule has 98 valence electrons. The lowest BCUT2D eigenvalue weighted by molar-refractivity contribution is 0.00384. The van der Waals surface area contributed by atoms with Crippen LogP contribution in [0.15, 0.2) is 21.2 Å². The van der Waals surface area contributed by atoms with E-state index in [0.29, 0.717) is 16.3 Å². The van der Waals surface area contributed by atoms with Crippen LogP contribution in [0.3, 0.4) is 0 Å². The first-order valence-electron chi connectivity index (χ1n) is 6.46. The van der Waals surface area contributed by atoms with Gasteiger partial charge in [-0.3, -0.25) is 0 Å². The number of nitrogens with zero attached hydrogens (tertiary/aromatic N) is 1. The summed E-state index contributed by atoms with van der Waals surface area (Å²) in [6.07, 6.45) is 3.92. The molecule has 0 saturated heterocycles. The summed E-state index contributed by atoms with van der Waals surface area (Å²) in [5.74, 6) is 1.02. The summed E-state index contributed by atoms with van der Waals surface area (Å²) in [5, 5.41) is 20.0. The van der Waals surface area contributed by atoms with Crippen LogP contribution in [0, 0.1) is 22.7 Å². The highest BCUT2D eigenvalue weighted by Gasteiger charge is 2.44. The largest absolute Gasteiger partial charge is 0.452 e. The van der Waals surface area contributed by atoms with Crippen molar-refractivity contribution in [1.29, 1.82) is 5.26 Å². The molecule has 1 N–H and O–H groups in total. The molecule has 0 aliphatic heterocycles. The predicted octanol–water partition coefficient (Wildman–Crippen LogP) is 4.19. The number of nitriles is 1. The van der Waals surface area contributed by atoms with Crippen LogP contribution in [-0.4, -0.2) is 5.11 Å². The number of aliphatic hydroxyl groups is 1. The Bertz CT molecular complexity index is 451. The summed E-state index contributed by atoms with van der Waals surface area (Å²) in [6, 6.07) is 5.86. The van der Waals surface area contributed by atoms with E-state index in [2.05, 4.69) is 28.9 Å². The molecule has 0 radical (unpaired) electrons. The quantitative estimate of drug-likeness (QED) is 0.910. The normalized spacial score (nSPS) is 29.8. The average molecular weight is 312 g/mol. The Labute approximate surface area is 116 Å². The fourth-order valence-electron chi connectivity index (χ4n) is 2.93. The van der Waals surface area contributed by atoms with Crippen molar-refractivity contribution >= 4 is 15.9 Å². The van der Waals surface area contributed by atoms with E-state index in [9.17, 15) is 10.4 Å².